The molecule has 0 N–H and O–H groups in total. The summed E-state index contributed by atoms with van der Waals surface area (Å²) >= 11 is 0. The van der Waals surface area contributed by atoms with Crippen LogP contribution in [0.2, 0.25) is 0 Å². The summed E-state index contributed by atoms with van der Waals surface area (Å²) in [4.78, 5) is 38.7. The van der Waals surface area contributed by atoms with Gasteiger partial charge >= 0.3 is 11.9 Å². The van der Waals surface area contributed by atoms with Crippen molar-refractivity contribution in [2.75, 3.05) is 13.2 Å². The summed E-state index contributed by atoms with van der Waals surface area (Å²) in [5.74, 6) is -1.03. The minimum absolute atomic E-state index is 0.225. The Hall–Kier alpha value is -2.32. The molecule has 0 unspecified atom stereocenters. The van der Waals surface area contributed by atoms with Crippen molar-refractivity contribution in [2.45, 2.75) is 103 Å². The predicted octanol–water partition coefficient (Wildman–Crippen LogP) is 4.74. The molecule has 2 fully saturated rings. The first-order valence-corrected chi connectivity index (χ1v) is 11.9. The van der Waals surface area contributed by atoms with Gasteiger partial charge in [0.05, 0.1) is 13.2 Å². The number of ether oxygens (including phenoxy) is 4. The van der Waals surface area contributed by atoms with E-state index in [4.69, 9.17) is 18.9 Å². The van der Waals surface area contributed by atoms with Gasteiger partial charge < -0.3 is 18.9 Å². The lowest BCUT2D eigenvalue weighted by molar-refractivity contribution is -0.179. The van der Waals surface area contributed by atoms with Gasteiger partial charge in [0.25, 0.3) is 0 Å². The highest BCUT2D eigenvalue weighted by atomic mass is 16.7. The molecule has 34 heavy (non-hydrogen) atoms. The summed E-state index contributed by atoms with van der Waals surface area (Å²) in [5, 5.41) is 0. The number of hydrogen-bond acceptors (Lipinski definition) is 8. The molecule has 1 saturated heterocycles. The fraction of sp³-hybridized carbons (Fsp3) is 0.692. The SMILES string of the molecule is CC(=O)OC(C)(C)C.CC(C)(C)OC(=O)CC(=O)c1ccc(C2CCC3(CC2)OCCO3)nc1. The van der Waals surface area contributed by atoms with Crippen molar-refractivity contribution in [3.8, 4) is 0 Å². The second kappa shape index (κ2) is 11.4. The molecular weight excluding hydrogens is 438 g/mol. The molecule has 0 aromatic carbocycles. The molecule has 1 aliphatic carbocycles. The summed E-state index contributed by atoms with van der Waals surface area (Å²) < 4.78 is 21.5. The van der Waals surface area contributed by atoms with Gasteiger partial charge in [-0.3, -0.25) is 19.4 Å². The second-order valence-electron chi connectivity index (χ2n) is 10.7. The van der Waals surface area contributed by atoms with E-state index in [0.29, 0.717) is 24.7 Å². The average Bonchev–Trinajstić information content (AvgIpc) is 3.14. The van der Waals surface area contributed by atoms with Crippen molar-refractivity contribution in [1.82, 2.24) is 4.98 Å². The monoisotopic (exact) mass is 477 g/mol. The number of carbonyl (C=O) groups is 3. The molecule has 1 aromatic rings. The fourth-order valence-electron chi connectivity index (χ4n) is 3.99. The van der Waals surface area contributed by atoms with Gasteiger partial charge in [-0.1, -0.05) is 0 Å². The number of Topliss-reactive ketones (excluding diaryl/α,β-unsaturated/α-hetero) is 1. The maximum Gasteiger partial charge on any atom is 0.314 e. The molecule has 8 heteroatoms. The van der Waals surface area contributed by atoms with E-state index in [1.807, 2.05) is 26.8 Å². The first kappa shape index (κ1) is 27.9. The molecule has 0 amide bonds. The Bertz CT molecular complexity index is 833. The Morgan fingerprint density at radius 3 is 1.94 bits per heavy atom. The van der Waals surface area contributed by atoms with Crippen LogP contribution in [-0.2, 0) is 28.5 Å². The molecule has 3 rings (SSSR count). The third-order valence-electron chi connectivity index (χ3n) is 5.26. The smallest absolute Gasteiger partial charge is 0.314 e. The zero-order valence-electron chi connectivity index (χ0n) is 21.6. The van der Waals surface area contributed by atoms with Gasteiger partial charge in [-0.25, -0.2) is 0 Å². The van der Waals surface area contributed by atoms with Gasteiger partial charge in [-0.2, -0.15) is 0 Å². The van der Waals surface area contributed by atoms with Crippen LogP contribution in [-0.4, -0.2) is 52.9 Å². The highest BCUT2D eigenvalue weighted by molar-refractivity contribution is 6.05. The number of aromatic nitrogens is 1. The Labute approximate surface area is 202 Å². The Morgan fingerprint density at radius 1 is 0.971 bits per heavy atom. The van der Waals surface area contributed by atoms with Gasteiger partial charge in [0.1, 0.15) is 17.6 Å². The summed E-state index contributed by atoms with van der Waals surface area (Å²) in [6.45, 7) is 13.6. The van der Waals surface area contributed by atoms with E-state index in [0.717, 1.165) is 31.4 Å². The molecule has 190 valence electrons. The van der Waals surface area contributed by atoms with Crippen LogP contribution in [0.3, 0.4) is 0 Å². The predicted molar refractivity (Wildman–Crippen MR) is 126 cm³/mol. The van der Waals surface area contributed by atoms with Crippen LogP contribution in [0, 0.1) is 0 Å². The summed E-state index contributed by atoms with van der Waals surface area (Å²) in [7, 11) is 0. The standard InChI is InChI=1S/C20H27NO5.C6H12O2/c1-19(2,3)26-18(23)12-17(22)15-4-5-16(21-13-15)14-6-8-20(9-7-14)24-10-11-25-20;1-5(7)8-6(2,3)4/h4-5,13-14H,6-12H2,1-3H3;1-4H3. The number of rotatable bonds is 4. The van der Waals surface area contributed by atoms with Crippen molar-refractivity contribution >= 4 is 17.7 Å². The highest BCUT2D eigenvalue weighted by Crippen LogP contribution is 2.41. The van der Waals surface area contributed by atoms with Crippen LogP contribution in [0.4, 0.5) is 0 Å². The van der Waals surface area contributed by atoms with Gasteiger partial charge in [-0.05, 0) is 66.5 Å². The van der Waals surface area contributed by atoms with Crippen LogP contribution >= 0.6 is 0 Å². The number of carbonyl (C=O) groups excluding carboxylic acids is 3. The normalized spacial score (nSPS) is 18.1. The minimum Gasteiger partial charge on any atom is -0.460 e. The number of ketones is 1. The van der Waals surface area contributed by atoms with Crippen LogP contribution in [0.5, 0.6) is 0 Å². The Balaban J connectivity index is 0.000000440. The quantitative estimate of drug-likeness (QED) is 0.348. The lowest BCUT2D eigenvalue weighted by Gasteiger charge is -2.35. The van der Waals surface area contributed by atoms with Crippen LogP contribution in [0.15, 0.2) is 18.3 Å². The van der Waals surface area contributed by atoms with Gasteiger partial charge in [-0.15, -0.1) is 0 Å². The van der Waals surface area contributed by atoms with Crippen LogP contribution in [0.25, 0.3) is 0 Å². The van der Waals surface area contributed by atoms with E-state index in [9.17, 15) is 14.4 Å². The van der Waals surface area contributed by atoms with Crippen molar-refractivity contribution in [1.29, 1.82) is 0 Å². The number of nitrogens with zero attached hydrogens (tertiary/aromatic N) is 1. The molecule has 1 spiro atoms. The maximum absolute atomic E-state index is 12.2. The lowest BCUT2D eigenvalue weighted by Crippen LogP contribution is -2.34. The van der Waals surface area contributed by atoms with E-state index < -0.39 is 11.6 Å². The number of hydrogen-bond donors (Lipinski definition) is 0. The summed E-state index contributed by atoms with van der Waals surface area (Å²) in [6, 6.07) is 3.64. The summed E-state index contributed by atoms with van der Waals surface area (Å²) in [5.41, 5.74) is 0.497. The van der Waals surface area contributed by atoms with Crippen LogP contribution < -0.4 is 0 Å². The summed E-state index contributed by atoms with van der Waals surface area (Å²) in [6.07, 6.45) is 4.96. The van der Waals surface area contributed by atoms with Crippen molar-refractivity contribution in [2.24, 2.45) is 0 Å². The van der Waals surface area contributed by atoms with Gasteiger partial charge in [0.2, 0.25) is 0 Å². The van der Waals surface area contributed by atoms with E-state index in [1.54, 1.807) is 33.0 Å². The molecule has 1 aromatic heterocycles. The molecule has 1 saturated carbocycles. The first-order valence-electron chi connectivity index (χ1n) is 11.9. The zero-order chi connectivity index (χ0) is 25.6. The number of esters is 2. The van der Waals surface area contributed by atoms with E-state index in [-0.39, 0.29) is 29.6 Å². The second-order valence-corrected chi connectivity index (χ2v) is 10.7. The molecule has 0 radical (unpaired) electrons. The largest absolute Gasteiger partial charge is 0.460 e. The van der Waals surface area contributed by atoms with Gasteiger partial charge in [0, 0.05) is 43.1 Å². The third-order valence-corrected chi connectivity index (χ3v) is 5.26. The minimum atomic E-state index is -0.593. The molecule has 0 bridgehead atoms. The van der Waals surface area contributed by atoms with E-state index in [1.165, 1.54) is 6.92 Å². The van der Waals surface area contributed by atoms with E-state index in [2.05, 4.69) is 4.98 Å². The zero-order valence-corrected chi connectivity index (χ0v) is 21.6. The topological polar surface area (TPSA) is 101 Å². The average molecular weight is 478 g/mol. The maximum atomic E-state index is 12.2. The molecule has 0 atom stereocenters. The Morgan fingerprint density at radius 2 is 1.53 bits per heavy atom. The number of pyridine rings is 1. The van der Waals surface area contributed by atoms with Crippen molar-refractivity contribution in [3.05, 3.63) is 29.6 Å². The molecule has 2 aliphatic rings. The van der Waals surface area contributed by atoms with Crippen molar-refractivity contribution < 1.29 is 33.3 Å². The van der Waals surface area contributed by atoms with Crippen molar-refractivity contribution in [3.63, 3.8) is 0 Å². The molecule has 2 heterocycles. The highest BCUT2D eigenvalue weighted by Gasteiger charge is 2.40. The third kappa shape index (κ3) is 9.50. The lowest BCUT2D eigenvalue weighted by atomic mass is 9.83. The van der Waals surface area contributed by atoms with E-state index >= 15 is 0 Å². The molecular formula is C26H39NO7. The van der Waals surface area contributed by atoms with Gasteiger partial charge in [0.15, 0.2) is 11.6 Å². The Kier molecular flexibility index (Phi) is 9.37. The fourth-order valence-corrected chi connectivity index (χ4v) is 3.99. The first-order chi connectivity index (χ1) is 15.7. The molecule has 8 nitrogen and oxygen atoms in total. The van der Waals surface area contributed by atoms with Crippen LogP contribution in [0.1, 0.15) is 103 Å². The molecule has 1 aliphatic heterocycles.